The molecule has 0 saturated heterocycles. The van der Waals surface area contributed by atoms with Crippen LogP contribution >= 0.6 is 0 Å². The maximum atomic E-state index is 14.4. The van der Waals surface area contributed by atoms with Crippen LogP contribution in [0.2, 0.25) is 0 Å². The van der Waals surface area contributed by atoms with Gasteiger partial charge in [-0.3, -0.25) is 0 Å². The van der Waals surface area contributed by atoms with E-state index in [2.05, 4.69) is 0 Å². The molecular weight excluding hydrogens is 470 g/mol. The van der Waals surface area contributed by atoms with E-state index < -0.39 is 43.0 Å². The first kappa shape index (κ1) is 30.3. The minimum atomic E-state index is -1.92. The zero-order valence-electron chi connectivity index (χ0n) is 21.2. The summed E-state index contributed by atoms with van der Waals surface area (Å²) in [6.07, 6.45) is -6.59. The molecule has 0 bridgehead atoms. The van der Waals surface area contributed by atoms with Gasteiger partial charge in [0.2, 0.25) is 0 Å². The second-order valence-electron chi connectivity index (χ2n) is 9.65. The summed E-state index contributed by atoms with van der Waals surface area (Å²) < 4.78 is 28.6. The van der Waals surface area contributed by atoms with Crippen molar-refractivity contribution in [3.8, 4) is 0 Å². The van der Waals surface area contributed by atoms with Crippen LogP contribution in [0.5, 0.6) is 0 Å². The van der Waals surface area contributed by atoms with Crippen LogP contribution < -0.4 is 0 Å². The quantitative estimate of drug-likeness (QED) is 0.232. The average Bonchev–Trinajstić information content (AvgIpc) is 2.88. The van der Waals surface area contributed by atoms with Gasteiger partial charge in [0.05, 0.1) is 12.7 Å². The van der Waals surface area contributed by atoms with E-state index in [1.54, 1.807) is 18.2 Å². The van der Waals surface area contributed by atoms with Gasteiger partial charge in [0.25, 0.3) is 0 Å². The second-order valence-corrected chi connectivity index (χ2v) is 9.65. The van der Waals surface area contributed by atoms with Crippen molar-refractivity contribution < 1.29 is 39.4 Å². The molecule has 0 aliphatic carbocycles. The number of benzene rings is 2. The number of hydrogen-bond acceptors (Lipinski definition) is 6. The summed E-state index contributed by atoms with van der Waals surface area (Å²) in [7, 11) is 0. The Morgan fingerprint density at radius 3 is 1.72 bits per heavy atom. The van der Waals surface area contributed by atoms with Gasteiger partial charge in [0.15, 0.2) is 0 Å². The van der Waals surface area contributed by atoms with Crippen LogP contribution in [-0.2, 0) is 25.7 Å². The van der Waals surface area contributed by atoms with Crippen LogP contribution in [0, 0.1) is 23.5 Å². The molecule has 0 heterocycles. The molecule has 2 aromatic carbocycles. The predicted molar refractivity (Wildman–Crippen MR) is 133 cm³/mol. The molecule has 36 heavy (non-hydrogen) atoms. The summed E-state index contributed by atoms with van der Waals surface area (Å²) in [4.78, 5) is 0. The molecule has 202 valence electrons. The second kappa shape index (κ2) is 14.1. The fourth-order valence-corrected chi connectivity index (χ4v) is 4.57. The number of rotatable bonds is 14. The summed E-state index contributed by atoms with van der Waals surface area (Å²) in [6.45, 7) is 4.72. The van der Waals surface area contributed by atoms with Crippen LogP contribution in [0.1, 0.15) is 49.4 Å². The van der Waals surface area contributed by atoms with Crippen molar-refractivity contribution in [3.63, 3.8) is 0 Å². The minimum Gasteiger partial charge on any atom is -0.394 e. The van der Waals surface area contributed by atoms with Crippen molar-refractivity contribution in [2.45, 2.75) is 83.4 Å². The topological polar surface area (TPSA) is 121 Å². The van der Waals surface area contributed by atoms with Gasteiger partial charge in [-0.25, -0.2) is 8.78 Å². The Kier molecular flexibility index (Phi) is 11.9. The van der Waals surface area contributed by atoms with Crippen LogP contribution in [0.3, 0.4) is 0 Å². The average molecular weight is 511 g/mol. The smallest absolute Gasteiger partial charge is 0.126 e. The van der Waals surface area contributed by atoms with Crippen molar-refractivity contribution >= 4 is 0 Å². The Hall–Kier alpha value is -1.94. The van der Waals surface area contributed by atoms with Gasteiger partial charge in [-0.1, -0.05) is 45.0 Å². The van der Waals surface area contributed by atoms with E-state index in [9.17, 15) is 34.3 Å². The fourth-order valence-electron chi connectivity index (χ4n) is 4.57. The van der Waals surface area contributed by atoms with E-state index in [0.717, 1.165) is 5.56 Å². The lowest BCUT2D eigenvalue weighted by molar-refractivity contribution is -0.152. The Labute approximate surface area is 211 Å². The first-order valence-electron chi connectivity index (χ1n) is 12.6. The van der Waals surface area contributed by atoms with Gasteiger partial charge in [0, 0.05) is 0 Å². The van der Waals surface area contributed by atoms with Gasteiger partial charge in [0.1, 0.15) is 36.1 Å². The largest absolute Gasteiger partial charge is 0.394 e. The summed E-state index contributed by atoms with van der Waals surface area (Å²) in [5.74, 6) is -1.57. The first-order chi connectivity index (χ1) is 17.0. The molecule has 0 radical (unpaired) electrons. The molecule has 3 unspecified atom stereocenters. The monoisotopic (exact) mass is 510 g/mol. The van der Waals surface area contributed by atoms with Gasteiger partial charge < -0.3 is 30.6 Å². The van der Waals surface area contributed by atoms with Gasteiger partial charge >= 0.3 is 0 Å². The maximum Gasteiger partial charge on any atom is 0.126 e. The molecule has 0 aliphatic heterocycles. The highest BCUT2D eigenvalue weighted by Crippen LogP contribution is 2.29. The summed E-state index contributed by atoms with van der Waals surface area (Å²) in [5, 5.41) is 60.7. The minimum absolute atomic E-state index is 0.175. The molecule has 0 amide bonds. The lowest BCUT2D eigenvalue weighted by atomic mass is 9.77. The number of aliphatic hydroxyl groups is 6. The molecule has 6 N–H and O–H groups in total. The highest BCUT2D eigenvalue weighted by atomic mass is 19.1. The summed E-state index contributed by atoms with van der Waals surface area (Å²) >= 11 is 0. The lowest BCUT2D eigenvalue weighted by Gasteiger charge is -2.35. The molecule has 0 aliphatic rings. The number of aryl methyl sites for hydroxylation is 3. The van der Waals surface area contributed by atoms with E-state index in [4.69, 9.17) is 5.11 Å². The van der Waals surface area contributed by atoms with Crippen molar-refractivity contribution in [2.24, 2.45) is 11.8 Å². The highest BCUT2D eigenvalue weighted by Gasteiger charge is 2.39. The fraction of sp³-hybridized carbons (Fsp3) is 0.571. The van der Waals surface area contributed by atoms with Crippen molar-refractivity contribution in [3.05, 3.63) is 70.3 Å². The van der Waals surface area contributed by atoms with E-state index in [1.807, 2.05) is 26.8 Å². The van der Waals surface area contributed by atoms with E-state index in [1.165, 1.54) is 12.1 Å². The molecule has 2 aromatic rings. The Morgan fingerprint density at radius 2 is 1.22 bits per heavy atom. The van der Waals surface area contributed by atoms with E-state index in [-0.39, 0.29) is 24.0 Å². The number of aliphatic hydroxyl groups excluding tert-OH is 6. The summed E-state index contributed by atoms with van der Waals surface area (Å²) in [5.41, 5.74) is 2.55. The summed E-state index contributed by atoms with van der Waals surface area (Å²) in [6, 6.07) is 9.89. The van der Waals surface area contributed by atoms with Crippen LogP contribution in [0.15, 0.2) is 36.4 Å². The molecule has 7 atom stereocenters. The Balaban J connectivity index is 2.25. The lowest BCUT2D eigenvalue weighted by Crippen LogP contribution is -2.52. The third-order valence-electron chi connectivity index (χ3n) is 7.16. The Bertz CT molecular complexity index is 956. The first-order valence-corrected chi connectivity index (χ1v) is 12.6. The molecule has 6 nitrogen and oxygen atoms in total. The molecule has 0 saturated carbocycles. The van der Waals surface area contributed by atoms with Crippen molar-refractivity contribution in [2.75, 3.05) is 6.61 Å². The van der Waals surface area contributed by atoms with E-state index >= 15 is 0 Å². The number of hydrogen-bond donors (Lipinski definition) is 6. The zero-order valence-corrected chi connectivity index (χ0v) is 21.2. The molecule has 0 spiro atoms. The van der Waals surface area contributed by atoms with Crippen LogP contribution in [0.4, 0.5) is 8.78 Å². The normalized spacial score (nSPS) is 17.8. The molecule has 8 heteroatoms. The molecular formula is C28H40F2O6. The SMILES string of the molecule is CCc1ccc(CCC(C)C(Cc2ccc(CC)c(F)c2)C(O)[C@@H](O)[C@@H](O)[C@H](O)[C@@H](O)CO)cc1F. The predicted octanol–water partition coefficient (Wildman–Crippen LogP) is 2.31. The number of halogens is 2. The van der Waals surface area contributed by atoms with E-state index in [0.29, 0.717) is 42.4 Å². The standard InChI is InChI=1S/C28H40F2O6/c1-4-19-10-8-17(13-22(19)29)7-6-16(3)21(12-18-9-11-20(5-2)23(30)14-18)25(33)27(35)28(36)26(34)24(32)15-31/h8-11,13-14,16,21,24-28,31-36H,4-7,12,15H2,1-3H3/t16?,21?,24-,25?,26+,27+,28-/m0/s1. The highest BCUT2D eigenvalue weighted by molar-refractivity contribution is 5.26. The molecule has 0 fully saturated rings. The maximum absolute atomic E-state index is 14.4. The van der Waals surface area contributed by atoms with Crippen LogP contribution in [-0.4, -0.2) is 67.8 Å². The van der Waals surface area contributed by atoms with Crippen molar-refractivity contribution in [1.82, 2.24) is 0 Å². The molecule has 2 rings (SSSR count). The zero-order chi connectivity index (χ0) is 27.0. The Morgan fingerprint density at radius 1 is 0.722 bits per heavy atom. The third kappa shape index (κ3) is 7.78. The van der Waals surface area contributed by atoms with Crippen molar-refractivity contribution in [1.29, 1.82) is 0 Å². The van der Waals surface area contributed by atoms with Gasteiger partial charge in [-0.2, -0.15) is 0 Å². The molecule has 0 aromatic heterocycles. The van der Waals surface area contributed by atoms with Gasteiger partial charge in [-0.15, -0.1) is 0 Å². The third-order valence-corrected chi connectivity index (χ3v) is 7.16. The van der Waals surface area contributed by atoms with Crippen LogP contribution in [0.25, 0.3) is 0 Å². The van der Waals surface area contributed by atoms with Gasteiger partial charge in [-0.05, 0) is 78.3 Å².